The van der Waals surface area contributed by atoms with Crippen LogP contribution in [0.5, 0.6) is 17.2 Å². The fourth-order valence-electron chi connectivity index (χ4n) is 2.40. The molecular formula is C18H18FNO4. The molecule has 0 fully saturated rings. The van der Waals surface area contributed by atoms with Gasteiger partial charge in [0.1, 0.15) is 0 Å². The van der Waals surface area contributed by atoms with E-state index in [-0.39, 0.29) is 31.5 Å². The van der Waals surface area contributed by atoms with E-state index >= 15 is 0 Å². The van der Waals surface area contributed by atoms with Crippen molar-refractivity contribution < 1.29 is 23.4 Å². The topological polar surface area (TPSA) is 48.0 Å². The number of para-hydroxylation sites is 1. The molecule has 0 aliphatic carbocycles. The van der Waals surface area contributed by atoms with Crippen LogP contribution in [0.15, 0.2) is 42.5 Å². The van der Waals surface area contributed by atoms with E-state index < -0.39 is 5.82 Å². The lowest BCUT2D eigenvalue weighted by molar-refractivity contribution is -0.130. The van der Waals surface area contributed by atoms with Crippen LogP contribution in [-0.2, 0) is 11.3 Å². The number of benzene rings is 2. The van der Waals surface area contributed by atoms with Gasteiger partial charge in [0.05, 0.1) is 13.0 Å². The smallest absolute Gasteiger partial charge is 0.231 e. The first-order chi connectivity index (χ1) is 11.6. The molecule has 0 aromatic heterocycles. The molecule has 126 valence electrons. The molecule has 0 atom stereocenters. The minimum Gasteiger partial charge on any atom is -0.490 e. The predicted molar refractivity (Wildman–Crippen MR) is 85.6 cm³/mol. The second-order valence-electron chi connectivity index (χ2n) is 5.47. The van der Waals surface area contributed by atoms with Gasteiger partial charge in [0.25, 0.3) is 0 Å². The minimum absolute atomic E-state index is 0.0796. The first-order valence-corrected chi connectivity index (χ1v) is 7.63. The maximum Gasteiger partial charge on any atom is 0.231 e. The number of rotatable bonds is 6. The van der Waals surface area contributed by atoms with Gasteiger partial charge in [0.15, 0.2) is 23.1 Å². The number of carbonyl (C=O) groups is 1. The van der Waals surface area contributed by atoms with Crippen molar-refractivity contribution in [3.8, 4) is 17.2 Å². The van der Waals surface area contributed by atoms with Gasteiger partial charge in [-0.05, 0) is 29.8 Å². The van der Waals surface area contributed by atoms with E-state index in [9.17, 15) is 9.18 Å². The summed E-state index contributed by atoms with van der Waals surface area (Å²) in [5.74, 6) is 1.05. The molecule has 1 aliphatic rings. The van der Waals surface area contributed by atoms with Gasteiger partial charge in [-0.2, -0.15) is 0 Å². The van der Waals surface area contributed by atoms with Crippen LogP contribution in [-0.4, -0.2) is 31.3 Å². The van der Waals surface area contributed by atoms with Gasteiger partial charge in [0, 0.05) is 13.6 Å². The third kappa shape index (κ3) is 3.76. The number of hydrogen-bond donors (Lipinski definition) is 0. The molecule has 24 heavy (non-hydrogen) atoms. The van der Waals surface area contributed by atoms with Crippen LogP contribution in [0, 0.1) is 5.82 Å². The summed E-state index contributed by atoms with van der Waals surface area (Å²) >= 11 is 0. The number of carbonyl (C=O) groups excluding carboxylic acids is 1. The predicted octanol–water partition coefficient (Wildman–Crippen LogP) is 2.98. The highest BCUT2D eigenvalue weighted by atomic mass is 19.1. The molecule has 1 amide bonds. The molecule has 0 N–H and O–H groups in total. The summed E-state index contributed by atoms with van der Waals surface area (Å²) in [5, 5.41) is 0. The Hall–Kier alpha value is -2.76. The number of fused-ring (bicyclic) bond motifs is 1. The molecule has 0 bridgehead atoms. The molecule has 5 nitrogen and oxygen atoms in total. The van der Waals surface area contributed by atoms with Gasteiger partial charge < -0.3 is 19.1 Å². The van der Waals surface area contributed by atoms with Crippen LogP contribution in [0.3, 0.4) is 0 Å². The van der Waals surface area contributed by atoms with Crippen LogP contribution < -0.4 is 14.2 Å². The molecule has 0 radical (unpaired) electrons. The van der Waals surface area contributed by atoms with E-state index in [1.165, 1.54) is 12.1 Å². The van der Waals surface area contributed by atoms with Crippen molar-refractivity contribution in [2.24, 2.45) is 0 Å². The number of nitrogens with zero attached hydrogens (tertiary/aromatic N) is 1. The van der Waals surface area contributed by atoms with Crippen LogP contribution >= 0.6 is 0 Å². The second kappa shape index (κ2) is 7.21. The minimum atomic E-state index is -0.432. The Kier molecular flexibility index (Phi) is 4.84. The Bertz CT molecular complexity index is 735. The summed E-state index contributed by atoms with van der Waals surface area (Å²) in [4.78, 5) is 13.8. The number of ether oxygens (including phenoxy) is 3. The summed E-state index contributed by atoms with van der Waals surface area (Å²) in [6.45, 7) is 0.807. The van der Waals surface area contributed by atoms with Crippen molar-refractivity contribution in [3.63, 3.8) is 0 Å². The van der Waals surface area contributed by atoms with E-state index in [0.717, 1.165) is 5.56 Å². The monoisotopic (exact) mass is 331 g/mol. The molecule has 0 unspecified atom stereocenters. The zero-order valence-electron chi connectivity index (χ0n) is 13.3. The lowest BCUT2D eigenvalue weighted by Gasteiger charge is -2.17. The first-order valence-electron chi connectivity index (χ1n) is 7.63. The molecule has 0 spiro atoms. The summed E-state index contributed by atoms with van der Waals surface area (Å²) in [6, 6.07) is 11.7. The highest BCUT2D eigenvalue weighted by Crippen LogP contribution is 2.32. The van der Waals surface area contributed by atoms with E-state index in [4.69, 9.17) is 14.2 Å². The zero-order chi connectivity index (χ0) is 16.9. The average molecular weight is 331 g/mol. The highest BCUT2D eigenvalue weighted by Gasteiger charge is 2.15. The molecule has 2 aromatic carbocycles. The third-order valence-corrected chi connectivity index (χ3v) is 3.69. The third-order valence-electron chi connectivity index (χ3n) is 3.69. The van der Waals surface area contributed by atoms with Crippen molar-refractivity contribution >= 4 is 5.91 Å². The van der Waals surface area contributed by atoms with Crippen molar-refractivity contribution in [2.75, 3.05) is 20.4 Å². The quantitative estimate of drug-likeness (QED) is 0.816. The molecule has 1 heterocycles. The molecule has 0 saturated carbocycles. The van der Waals surface area contributed by atoms with Crippen molar-refractivity contribution in [1.29, 1.82) is 0 Å². The molecular weight excluding hydrogens is 313 g/mol. The Morgan fingerprint density at radius 3 is 2.83 bits per heavy atom. The highest BCUT2D eigenvalue weighted by molar-refractivity contribution is 5.76. The van der Waals surface area contributed by atoms with E-state index in [1.54, 1.807) is 24.1 Å². The molecule has 6 heteroatoms. The standard InChI is InChI=1S/C18H18FNO4/c1-20(11-13-6-7-16-17(10-13)24-12-23-16)18(21)8-9-22-15-5-3-2-4-14(15)19/h2-7,10H,8-9,11-12H2,1H3. The number of hydrogen-bond acceptors (Lipinski definition) is 4. The average Bonchev–Trinajstić information content (AvgIpc) is 3.04. The van der Waals surface area contributed by atoms with Crippen molar-refractivity contribution in [3.05, 3.63) is 53.8 Å². The maximum absolute atomic E-state index is 13.4. The largest absolute Gasteiger partial charge is 0.490 e. The van der Waals surface area contributed by atoms with E-state index in [0.29, 0.717) is 18.0 Å². The Morgan fingerprint density at radius 2 is 2.00 bits per heavy atom. The Morgan fingerprint density at radius 1 is 1.21 bits per heavy atom. The van der Waals surface area contributed by atoms with Gasteiger partial charge in [-0.1, -0.05) is 18.2 Å². The summed E-state index contributed by atoms with van der Waals surface area (Å²) < 4.78 is 29.3. The number of halogens is 1. The van der Waals surface area contributed by atoms with Crippen LogP contribution in [0.4, 0.5) is 4.39 Å². The lowest BCUT2D eigenvalue weighted by Crippen LogP contribution is -2.27. The normalized spacial score (nSPS) is 12.1. The molecule has 3 rings (SSSR count). The molecule has 0 saturated heterocycles. The summed E-state index contributed by atoms with van der Waals surface area (Å²) in [7, 11) is 1.72. The van der Waals surface area contributed by atoms with Gasteiger partial charge in [-0.15, -0.1) is 0 Å². The zero-order valence-corrected chi connectivity index (χ0v) is 13.3. The Labute approximate surface area is 139 Å². The van der Waals surface area contributed by atoms with Gasteiger partial charge in [-0.3, -0.25) is 4.79 Å². The molecule has 1 aliphatic heterocycles. The first kappa shape index (κ1) is 16.1. The van der Waals surface area contributed by atoms with E-state index in [1.807, 2.05) is 18.2 Å². The SMILES string of the molecule is CN(Cc1ccc2c(c1)OCO2)C(=O)CCOc1ccccc1F. The van der Waals surface area contributed by atoms with Crippen LogP contribution in [0.2, 0.25) is 0 Å². The Balaban J connectivity index is 1.49. The van der Waals surface area contributed by atoms with Crippen LogP contribution in [0.25, 0.3) is 0 Å². The van der Waals surface area contributed by atoms with Crippen molar-refractivity contribution in [2.45, 2.75) is 13.0 Å². The fourth-order valence-corrected chi connectivity index (χ4v) is 2.40. The summed E-state index contributed by atoms with van der Waals surface area (Å²) in [5.41, 5.74) is 0.949. The number of amides is 1. The maximum atomic E-state index is 13.4. The molecule has 2 aromatic rings. The fraction of sp³-hybridized carbons (Fsp3) is 0.278. The lowest BCUT2D eigenvalue weighted by atomic mass is 10.2. The van der Waals surface area contributed by atoms with Gasteiger partial charge in [0.2, 0.25) is 12.7 Å². The summed E-state index contributed by atoms with van der Waals surface area (Å²) in [6.07, 6.45) is 0.176. The van der Waals surface area contributed by atoms with Crippen LogP contribution in [0.1, 0.15) is 12.0 Å². The van der Waals surface area contributed by atoms with Gasteiger partial charge >= 0.3 is 0 Å². The van der Waals surface area contributed by atoms with Crippen molar-refractivity contribution in [1.82, 2.24) is 4.90 Å². The second-order valence-corrected chi connectivity index (χ2v) is 5.47. The van der Waals surface area contributed by atoms with Gasteiger partial charge in [-0.25, -0.2) is 4.39 Å². The van der Waals surface area contributed by atoms with E-state index in [2.05, 4.69) is 0 Å².